The molecule has 1 atom stereocenters. The highest BCUT2D eigenvalue weighted by atomic mass is 32.2. The van der Waals surface area contributed by atoms with Crippen molar-refractivity contribution in [3.63, 3.8) is 0 Å². The Bertz CT molecular complexity index is 652. The van der Waals surface area contributed by atoms with Crippen LogP contribution in [0.2, 0.25) is 0 Å². The van der Waals surface area contributed by atoms with Gasteiger partial charge in [-0.3, -0.25) is 4.79 Å². The van der Waals surface area contributed by atoms with Crippen LogP contribution in [0.4, 0.5) is 0 Å². The van der Waals surface area contributed by atoms with Crippen molar-refractivity contribution in [2.75, 3.05) is 11.6 Å². The molecule has 5 nitrogen and oxygen atoms in total. The number of fused-ring (bicyclic) bond motifs is 1. The summed E-state index contributed by atoms with van der Waals surface area (Å²) >= 11 is 1.46. The standard InChI is InChI=1S/C13H12N2O3S/c16-12(15-7-19-6-11(15)13(17)18)9-1-2-10-8(5-9)3-4-14-10/h1-5,11,14H,6-7H2,(H,17,18). The van der Waals surface area contributed by atoms with Gasteiger partial charge in [0.2, 0.25) is 0 Å². The lowest BCUT2D eigenvalue weighted by molar-refractivity contribution is -0.140. The fraction of sp³-hybridized carbons (Fsp3) is 0.231. The Morgan fingerprint density at radius 3 is 3.00 bits per heavy atom. The molecule has 0 radical (unpaired) electrons. The Balaban J connectivity index is 1.92. The van der Waals surface area contributed by atoms with Crippen LogP contribution in [0.3, 0.4) is 0 Å². The lowest BCUT2D eigenvalue weighted by Crippen LogP contribution is -2.41. The van der Waals surface area contributed by atoms with Crippen LogP contribution in [-0.2, 0) is 4.79 Å². The Kier molecular flexibility index (Phi) is 2.94. The molecule has 1 aliphatic rings. The van der Waals surface area contributed by atoms with E-state index in [9.17, 15) is 9.59 Å². The SMILES string of the molecule is O=C(O)C1CSCN1C(=O)c1ccc2[nH]ccc2c1. The molecule has 19 heavy (non-hydrogen) atoms. The maximum absolute atomic E-state index is 12.4. The number of aliphatic carboxylic acids is 1. The predicted molar refractivity (Wildman–Crippen MR) is 73.2 cm³/mol. The zero-order valence-corrected chi connectivity index (χ0v) is 10.8. The number of thioether (sulfide) groups is 1. The molecular formula is C13H12N2O3S. The zero-order chi connectivity index (χ0) is 13.4. The van der Waals surface area contributed by atoms with E-state index in [2.05, 4.69) is 4.98 Å². The third-order valence-corrected chi connectivity index (χ3v) is 4.24. The fourth-order valence-electron chi connectivity index (χ4n) is 2.20. The first kappa shape index (κ1) is 12.1. The van der Waals surface area contributed by atoms with Crippen LogP contribution >= 0.6 is 11.8 Å². The third kappa shape index (κ3) is 2.08. The summed E-state index contributed by atoms with van der Waals surface area (Å²) in [6.07, 6.45) is 1.81. The quantitative estimate of drug-likeness (QED) is 0.876. The number of H-pyrrole nitrogens is 1. The number of hydrogen-bond donors (Lipinski definition) is 2. The first-order valence-electron chi connectivity index (χ1n) is 5.85. The van der Waals surface area contributed by atoms with Crippen LogP contribution in [-0.4, -0.2) is 44.5 Å². The molecule has 0 aliphatic carbocycles. The molecule has 1 aromatic heterocycles. The summed E-state index contributed by atoms with van der Waals surface area (Å²) < 4.78 is 0. The van der Waals surface area contributed by atoms with Crippen LogP contribution in [0.1, 0.15) is 10.4 Å². The average Bonchev–Trinajstić information content (AvgIpc) is 3.05. The van der Waals surface area contributed by atoms with Gasteiger partial charge in [0.05, 0.1) is 5.88 Å². The summed E-state index contributed by atoms with van der Waals surface area (Å²) in [5.41, 5.74) is 1.49. The summed E-state index contributed by atoms with van der Waals surface area (Å²) in [5, 5.41) is 10.1. The van der Waals surface area contributed by atoms with E-state index in [0.717, 1.165) is 10.9 Å². The van der Waals surface area contributed by atoms with E-state index in [1.165, 1.54) is 16.7 Å². The van der Waals surface area contributed by atoms with Gasteiger partial charge in [-0.25, -0.2) is 4.79 Å². The number of carbonyl (C=O) groups is 2. The highest BCUT2D eigenvalue weighted by Crippen LogP contribution is 2.24. The summed E-state index contributed by atoms with van der Waals surface area (Å²) in [6, 6.07) is 6.51. The molecular weight excluding hydrogens is 264 g/mol. The molecule has 2 heterocycles. The topological polar surface area (TPSA) is 73.4 Å². The van der Waals surface area contributed by atoms with Crippen LogP contribution in [0.5, 0.6) is 0 Å². The molecule has 1 aromatic carbocycles. The van der Waals surface area contributed by atoms with Gasteiger partial charge in [-0.2, -0.15) is 0 Å². The molecule has 3 rings (SSSR count). The van der Waals surface area contributed by atoms with Crippen LogP contribution in [0.25, 0.3) is 10.9 Å². The van der Waals surface area contributed by atoms with Gasteiger partial charge in [0.25, 0.3) is 5.91 Å². The van der Waals surface area contributed by atoms with Crippen molar-refractivity contribution in [1.29, 1.82) is 0 Å². The van der Waals surface area contributed by atoms with Crippen molar-refractivity contribution >= 4 is 34.5 Å². The second kappa shape index (κ2) is 4.62. The maximum atomic E-state index is 12.4. The van der Waals surface area contributed by atoms with Gasteiger partial charge in [0.1, 0.15) is 6.04 Å². The van der Waals surface area contributed by atoms with Gasteiger partial charge in [-0.05, 0) is 24.3 Å². The highest BCUT2D eigenvalue weighted by molar-refractivity contribution is 7.99. The molecule has 6 heteroatoms. The first-order chi connectivity index (χ1) is 9.16. The van der Waals surface area contributed by atoms with Gasteiger partial charge in [-0.15, -0.1) is 11.8 Å². The number of rotatable bonds is 2. The normalized spacial score (nSPS) is 18.9. The largest absolute Gasteiger partial charge is 0.480 e. The van der Waals surface area contributed by atoms with Gasteiger partial charge >= 0.3 is 5.97 Å². The third-order valence-electron chi connectivity index (χ3n) is 3.23. The summed E-state index contributed by atoms with van der Waals surface area (Å²) in [6.45, 7) is 0. The van der Waals surface area contributed by atoms with Gasteiger partial charge in [-0.1, -0.05) is 0 Å². The van der Waals surface area contributed by atoms with Gasteiger partial charge in [0, 0.05) is 28.4 Å². The second-order valence-electron chi connectivity index (χ2n) is 4.41. The lowest BCUT2D eigenvalue weighted by Gasteiger charge is -2.20. The molecule has 1 fully saturated rings. The number of aromatic nitrogens is 1. The van der Waals surface area contributed by atoms with Gasteiger partial charge in [0.15, 0.2) is 0 Å². The first-order valence-corrected chi connectivity index (χ1v) is 7.01. The monoisotopic (exact) mass is 276 g/mol. The Morgan fingerprint density at radius 2 is 2.21 bits per heavy atom. The average molecular weight is 276 g/mol. The minimum atomic E-state index is -0.943. The smallest absolute Gasteiger partial charge is 0.327 e. The van der Waals surface area contributed by atoms with Crippen molar-refractivity contribution in [3.05, 3.63) is 36.0 Å². The fourth-order valence-corrected chi connectivity index (χ4v) is 3.34. The summed E-state index contributed by atoms with van der Waals surface area (Å²) in [4.78, 5) is 27.9. The molecule has 1 saturated heterocycles. The van der Waals surface area contributed by atoms with E-state index in [-0.39, 0.29) is 5.91 Å². The number of carbonyl (C=O) groups excluding carboxylic acids is 1. The molecule has 2 aromatic rings. The molecule has 1 aliphatic heterocycles. The molecule has 98 valence electrons. The summed E-state index contributed by atoms with van der Waals surface area (Å²) in [7, 11) is 0. The van der Waals surface area contributed by atoms with E-state index in [0.29, 0.717) is 17.2 Å². The number of carboxylic acid groups (broad SMARTS) is 1. The molecule has 1 amide bonds. The molecule has 2 N–H and O–H groups in total. The summed E-state index contributed by atoms with van der Waals surface area (Å²) in [5.74, 6) is -0.282. The van der Waals surface area contributed by atoms with Crippen molar-refractivity contribution < 1.29 is 14.7 Å². The molecule has 1 unspecified atom stereocenters. The van der Waals surface area contributed by atoms with Crippen molar-refractivity contribution in [3.8, 4) is 0 Å². The number of hydrogen-bond acceptors (Lipinski definition) is 3. The number of amides is 1. The van der Waals surface area contributed by atoms with E-state index in [1.807, 2.05) is 18.3 Å². The van der Waals surface area contributed by atoms with Crippen LogP contribution in [0, 0.1) is 0 Å². The van der Waals surface area contributed by atoms with E-state index >= 15 is 0 Å². The predicted octanol–water partition coefficient (Wildman–Crippen LogP) is 1.77. The zero-order valence-electron chi connectivity index (χ0n) is 10.00. The maximum Gasteiger partial charge on any atom is 0.327 e. The van der Waals surface area contributed by atoms with E-state index < -0.39 is 12.0 Å². The number of nitrogens with one attached hydrogen (secondary N) is 1. The van der Waals surface area contributed by atoms with E-state index in [1.54, 1.807) is 12.1 Å². The van der Waals surface area contributed by atoms with Crippen LogP contribution in [0.15, 0.2) is 30.5 Å². The highest BCUT2D eigenvalue weighted by Gasteiger charge is 2.34. The number of aromatic amines is 1. The van der Waals surface area contributed by atoms with Crippen molar-refractivity contribution in [1.82, 2.24) is 9.88 Å². The Morgan fingerprint density at radius 1 is 1.37 bits per heavy atom. The molecule has 0 bridgehead atoms. The second-order valence-corrected chi connectivity index (χ2v) is 5.41. The van der Waals surface area contributed by atoms with Crippen molar-refractivity contribution in [2.45, 2.75) is 6.04 Å². The van der Waals surface area contributed by atoms with Crippen LogP contribution < -0.4 is 0 Å². The lowest BCUT2D eigenvalue weighted by atomic mass is 10.1. The van der Waals surface area contributed by atoms with Gasteiger partial charge < -0.3 is 15.0 Å². The number of benzene rings is 1. The van der Waals surface area contributed by atoms with E-state index in [4.69, 9.17) is 5.11 Å². The number of carboxylic acids is 1. The minimum absolute atomic E-state index is 0.222. The van der Waals surface area contributed by atoms with Crippen molar-refractivity contribution in [2.24, 2.45) is 0 Å². The molecule has 0 saturated carbocycles. The molecule has 0 spiro atoms. The Labute approximate surface area is 113 Å². The number of nitrogens with zero attached hydrogens (tertiary/aromatic N) is 1. The Hall–Kier alpha value is -1.95. The minimum Gasteiger partial charge on any atom is -0.480 e.